The molecule has 0 amide bonds. The van der Waals surface area contributed by atoms with Gasteiger partial charge < -0.3 is 119 Å². The smallest absolute Gasteiger partial charge is 0.333 e. The van der Waals surface area contributed by atoms with Crippen LogP contribution in [0.4, 0.5) is 0 Å². The fraction of sp³-hybridized carbons (Fsp3) is 0.898. The molecule has 486 valence electrons. The molecule has 26 heteroatoms. The van der Waals surface area contributed by atoms with Gasteiger partial charge in [0.15, 0.2) is 31.3 Å². The molecular formula is C59H94O26. The van der Waals surface area contributed by atoms with Crippen molar-refractivity contribution in [3.05, 3.63) is 23.3 Å². The van der Waals surface area contributed by atoms with Crippen LogP contribution in [0.2, 0.25) is 0 Å². The molecule has 4 heterocycles. The molecule has 0 aromatic heterocycles. The lowest BCUT2D eigenvalue weighted by Gasteiger charge is -2.71. The fourth-order valence-corrected chi connectivity index (χ4v) is 16.8. The summed E-state index contributed by atoms with van der Waals surface area (Å²) in [4.78, 5) is 28.8. The fourth-order valence-electron chi connectivity index (χ4n) is 16.8. The highest BCUT2D eigenvalue weighted by Gasteiger charge is 2.73. The van der Waals surface area contributed by atoms with Crippen molar-refractivity contribution in [3.63, 3.8) is 0 Å². The first kappa shape index (κ1) is 67.1. The summed E-state index contributed by atoms with van der Waals surface area (Å²) in [5.74, 6) is -1.92. The summed E-state index contributed by atoms with van der Waals surface area (Å²) in [5, 5.41) is 163. The van der Waals surface area contributed by atoms with Gasteiger partial charge in [-0.25, -0.2) is 4.79 Å². The molecule has 9 rings (SSSR count). The monoisotopic (exact) mass is 1220 g/mol. The highest BCUT2D eigenvalue weighted by molar-refractivity contribution is 5.90. The number of Topliss-reactive ketones (excluding diaryl/α,β-unsaturated/α-hetero) is 1. The van der Waals surface area contributed by atoms with Crippen molar-refractivity contribution in [2.45, 2.75) is 248 Å². The summed E-state index contributed by atoms with van der Waals surface area (Å²) in [5.41, 5.74) is -3.88. The van der Waals surface area contributed by atoms with E-state index >= 15 is 4.79 Å². The first-order valence-corrected chi connectivity index (χ1v) is 30.0. The average molecular weight is 1220 g/mol. The Kier molecular flexibility index (Phi) is 19.5. The third-order valence-corrected chi connectivity index (χ3v) is 22.5. The Balaban J connectivity index is 0.943. The zero-order valence-electron chi connectivity index (χ0n) is 49.9. The Morgan fingerprint density at radius 3 is 1.66 bits per heavy atom. The van der Waals surface area contributed by atoms with E-state index in [9.17, 15) is 81.4 Å². The van der Waals surface area contributed by atoms with E-state index in [0.29, 0.717) is 32.1 Å². The molecule has 0 bridgehead atoms. The van der Waals surface area contributed by atoms with E-state index in [4.69, 9.17) is 42.6 Å². The van der Waals surface area contributed by atoms with E-state index in [1.54, 1.807) is 6.92 Å². The third-order valence-electron chi connectivity index (χ3n) is 22.5. The molecule has 0 spiro atoms. The van der Waals surface area contributed by atoms with Crippen LogP contribution in [0.15, 0.2) is 23.3 Å². The number of carbonyl (C=O) groups excluding carboxylic acids is 2. The minimum Gasteiger partial charge on any atom is -0.453 e. The van der Waals surface area contributed by atoms with E-state index < -0.39 is 213 Å². The van der Waals surface area contributed by atoms with E-state index in [2.05, 4.69) is 40.7 Å². The van der Waals surface area contributed by atoms with Gasteiger partial charge in [-0.2, -0.15) is 0 Å². The van der Waals surface area contributed by atoms with Gasteiger partial charge in [-0.3, -0.25) is 4.79 Å². The van der Waals surface area contributed by atoms with Crippen molar-refractivity contribution in [2.24, 2.45) is 50.2 Å². The number of hydrogen-bond donors (Lipinski definition) is 15. The number of esters is 1. The topological polar surface area (TPSA) is 421 Å². The Labute approximate surface area is 494 Å². The summed E-state index contributed by atoms with van der Waals surface area (Å²) < 4.78 is 53.4. The van der Waals surface area contributed by atoms with Crippen molar-refractivity contribution in [2.75, 3.05) is 33.0 Å². The first-order valence-electron chi connectivity index (χ1n) is 30.0. The van der Waals surface area contributed by atoms with Crippen molar-refractivity contribution in [1.29, 1.82) is 0 Å². The summed E-state index contributed by atoms with van der Waals surface area (Å²) >= 11 is 0. The summed E-state index contributed by atoms with van der Waals surface area (Å²) in [7, 11) is 0. The number of aliphatic hydroxyl groups excluding tert-OH is 15. The van der Waals surface area contributed by atoms with Gasteiger partial charge in [-0.05, 0) is 91.8 Å². The van der Waals surface area contributed by atoms with Gasteiger partial charge in [-0.15, -0.1) is 0 Å². The number of ketones is 1. The second-order valence-electron chi connectivity index (χ2n) is 27.8. The third kappa shape index (κ3) is 11.2. The second kappa shape index (κ2) is 24.7. The minimum atomic E-state index is -1.89. The Morgan fingerprint density at radius 2 is 1.12 bits per heavy atom. The number of ether oxygens (including phenoxy) is 9. The predicted molar refractivity (Wildman–Crippen MR) is 289 cm³/mol. The van der Waals surface area contributed by atoms with Crippen LogP contribution in [0.5, 0.6) is 0 Å². The maximum absolute atomic E-state index is 15.6. The number of fused-ring (bicyclic) bond motifs is 7. The minimum absolute atomic E-state index is 0.00788. The quantitative estimate of drug-likeness (QED) is 0.0338. The maximum atomic E-state index is 15.6. The van der Waals surface area contributed by atoms with Crippen LogP contribution in [0.3, 0.4) is 0 Å². The summed E-state index contributed by atoms with van der Waals surface area (Å²) in [6.45, 7) is 14.4. The molecule has 0 radical (unpaired) electrons. The number of aliphatic hydroxyl groups is 15. The second-order valence-corrected chi connectivity index (χ2v) is 27.8. The molecule has 4 aliphatic heterocycles. The van der Waals surface area contributed by atoms with Crippen molar-refractivity contribution in [3.8, 4) is 0 Å². The van der Waals surface area contributed by atoms with Gasteiger partial charge in [0.1, 0.15) is 97.3 Å². The number of carbonyl (C=O) groups is 2. The Bertz CT molecular complexity index is 2440. The van der Waals surface area contributed by atoms with Gasteiger partial charge in [0.05, 0.1) is 56.8 Å². The molecule has 9 aliphatic rings. The Hall–Kier alpha value is -2.30. The highest BCUT2D eigenvalue weighted by Crippen LogP contribution is 2.75. The van der Waals surface area contributed by atoms with Crippen LogP contribution >= 0.6 is 0 Å². The number of hydrogen-bond acceptors (Lipinski definition) is 26. The zero-order valence-corrected chi connectivity index (χ0v) is 49.9. The van der Waals surface area contributed by atoms with Crippen LogP contribution in [-0.2, 0) is 52.2 Å². The molecule has 8 fully saturated rings. The van der Waals surface area contributed by atoms with E-state index in [1.165, 1.54) is 13.0 Å². The van der Waals surface area contributed by atoms with Gasteiger partial charge in [0.25, 0.3) is 0 Å². The van der Waals surface area contributed by atoms with Gasteiger partial charge in [0.2, 0.25) is 0 Å². The van der Waals surface area contributed by atoms with Gasteiger partial charge in [-0.1, -0.05) is 66.2 Å². The molecule has 4 saturated carbocycles. The van der Waals surface area contributed by atoms with Gasteiger partial charge in [0, 0.05) is 17.4 Å². The van der Waals surface area contributed by atoms with Crippen LogP contribution in [0.25, 0.3) is 0 Å². The molecule has 0 aromatic rings. The molecule has 0 unspecified atom stereocenters. The molecule has 0 aromatic carbocycles. The van der Waals surface area contributed by atoms with Gasteiger partial charge >= 0.3 is 5.97 Å². The van der Waals surface area contributed by atoms with Crippen molar-refractivity contribution >= 4 is 11.8 Å². The number of allylic oxidation sites excluding steroid dienone is 3. The van der Waals surface area contributed by atoms with Crippen LogP contribution in [0.1, 0.15) is 107 Å². The molecule has 30 atom stereocenters. The van der Waals surface area contributed by atoms with Crippen LogP contribution in [0, 0.1) is 50.2 Å². The molecule has 85 heavy (non-hydrogen) atoms. The summed E-state index contributed by atoms with van der Waals surface area (Å²) in [6, 6.07) is 0. The lowest BCUT2D eigenvalue weighted by molar-refractivity contribution is -0.345. The van der Waals surface area contributed by atoms with Crippen LogP contribution in [-0.4, -0.2) is 263 Å². The molecule has 26 nitrogen and oxygen atoms in total. The number of rotatable bonds is 15. The van der Waals surface area contributed by atoms with Crippen molar-refractivity contribution < 1.29 is 129 Å². The van der Waals surface area contributed by atoms with E-state index in [0.717, 1.165) is 5.57 Å². The normalized spacial score (nSPS) is 51.6. The average Bonchev–Trinajstić information content (AvgIpc) is 0.707. The highest BCUT2D eigenvalue weighted by atomic mass is 16.7. The lowest BCUT2D eigenvalue weighted by Crippen LogP contribution is -2.71. The van der Waals surface area contributed by atoms with E-state index in [1.807, 2.05) is 13.8 Å². The molecule has 5 aliphatic carbocycles. The lowest BCUT2D eigenvalue weighted by atomic mass is 9.33. The molecule has 15 N–H and O–H groups in total. The predicted octanol–water partition coefficient (Wildman–Crippen LogP) is -2.92. The zero-order chi connectivity index (χ0) is 62.6. The maximum Gasteiger partial charge on any atom is 0.333 e. The SMILES string of the molecule is CC=C(C)C(=O)O[C@@H]1[C@@H](O)[C@H](O[C@H]2CC[C@]3(C)[C@H]4CC=C5[C@@H]6CC(C)(C)[C@@H](O)[C@H](O)[C@]6(CO[C@@H]6O[C@H](CO[C@@H]7O[C@H](CO)[C@@H](O)[C@H](O)[C@H]7O)[C@@H](O)[C@H](O)[C@H]6O)C(=O)C[C@@]5(C)[C@]4(C)CC[C@H]3C2(C)C)O[C@H](CO[C@@H]2O[C@H](CO)[C@@H](O)[C@H](O)[C@H]2O)[C@H]1O. The molecular weight excluding hydrogens is 1120 g/mol. The van der Waals surface area contributed by atoms with Crippen LogP contribution < -0.4 is 0 Å². The first-order chi connectivity index (χ1) is 39.7. The largest absolute Gasteiger partial charge is 0.453 e. The molecule has 4 saturated heterocycles. The summed E-state index contributed by atoms with van der Waals surface area (Å²) in [6.07, 6.45) is -29.6. The van der Waals surface area contributed by atoms with Crippen molar-refractivity contribution in [1.82, 2.24) is 0 Å². The van der Waals surface area contributed by atoms with E-state index in [-0.39, 0.29) is 41.4 Å². The standard InChI is InChI=1S/C59H94O26/c1-10-24(2)49(76)85-46-38(66)30(22-78-51-43(71)40(68)36(64)28(20-61)81-51)83-53(45(46)73)84-34-14-15-56(7)31(55(34,5)6)13-16-57(8)32(56)12-11-25-26-17-54(3,4)47(74)48(75)59(26,33(62)18-58(25,57)9)23-79-52-44(72)41(69)37(65)29(82-52)21-77-50-42(70)39(67)35(63)27(19-60)80-50/h10-11,26-32,34-48,50-53,60-61,63-75H,12-23H2,1-9H3/t26-,27+,28+,29+,30+,31-,32+,34-,35+,36+,37+,38+,39-,40-,41-,42+,43+,44+,45+,46-,47-,48-,50+,51+,52+,53-,56-,57+,58+,59-/m0/s1. The Morgan fingerprint density at radius 1 is 0.612 bits per heavy atom.